The van der Waals surface area contributed by atoms with Gasteiger partial charge in [-0.05, 0) is 55.3 Å². The van der Waals surface area contributed by atoms with Gasteiger partial charge in [0, 0.05) is 0 Å². The van der Waals surface area contributed by atoms with Gasteiger partial charge in [0.15, 0.2) is 0 Å². The molecule has 3 aliphatic rings. The van der Waals surface area contributed by atoms with Gasteiger partial charge in [0.2, 0.25) is 0 Å². The maximum absolute atomic E-state index is 10.9. The molecule has 0 spiro atoms. The van der Waals surface area contributed by atoms with E-state index in [1.165, 1.54) is 19.3 Å². The van der Waals surface area contributed by atoms with Gasteiger partial charge in [-0.25, -0.2) is 0 Å². The van der Waals surface area contributed by atoms with E-state index in [0.29, 0.717) is 5.92 Å². The largest absolute Gasteiger partial charge is 0.481 e. The highest BCUT2D eigenvalue weighted by molar-refractivity contribution is 5.69. The van der Waals surface area contributed by atoms with E-state index in [-0.39, 0.29) is 5.92 Å². The summed E-state index contributed by atoms with van der Waals surface area (Å²) in [7, 11) is 0. The number of carbonyl (C=O) groups is 1. The average molecular weight is 220 g/mol. The quantitative estimate of drug-likeness (QED) is 0.742. The molecular weight excluding hydrogens is 200 g/mol. The fraction of sp³-hybridized carbons (Fsp3) is 0.786. The summed E-state index contributed by atoms with van der Waals surface area (Å²) in [6, 6.07) is 0. The summed E-state index contributed by atoms with van der Waals surface area (Å²) in [5.41, 5.74) is 0. The second kappa shape index (κ2) is 3.61. The van der Waals surface area contributed by atoms with Crippen LogP contribution in [0.2, 0.25) is 0 Å². The van der Waals surface area contributed by atoms with E-state index in [2.05, 4.69) is 12.2 Å². The maximum atomic E-state index is 10.9. The van der Waals surface area contributed by atoms with Gasteiger partial charge in [-0.1, -0.05) is 19.1 Å². The van der Waals surface area contributed by atoms with Crippen LogP contribution in [0.25, 0.3) is 0 Å². The predicted molar refractivity (Wildman–Crippen MR) is 61.9 cm³/mol. The van der Waals surface area contributed by atoms with Crippen LogP contribution in [-0.2, 0) is 4.79 Å². The normalized spacial score (nSPS) is 45.9. The van der Waals surface area contributed by atoms with Crippen LogP contribution in [0.3, 0.4) is 0 Å². The molecule has 3 rings (SSSR count). The molecule has 2 saturated carbocycles. The number of aliphatic carboxylic acids is 1. The smallest absolute Gasteiger partial charge is 0.306 e. The van der Waals surface area contributed by atoms with Crippen molar-refractivity contribution in [3.8, 4) is 0 Å². The van der Waals surface area contributed by atoms with E-state index in [0.717, 1.165) is 30.1 Å². The first-order valence-corrected chi connectivity index (χ1v) is 6.56. The molecule has 0 amide bonds. The van der Waals surface area contributed by atoms with Crippen molar-refractivity contribution >= 4 is 5.97 Å². The van der Waals surface area contributed by atoms with Gasteiger partial charge in [0.25, 0.3) is 0 Å². The summed E-state index contributed by atoms with van der Waals surface area (Å²) in [6.07, 6.45) is 9.60. The zero-order valence-corrected chi connectivity index (χ0v) is 9.80. The zero-order valence-electron chi connectivity index (χ0n) is 9.80. The van der Waals surface area contributed by atoms with Crippen molar-refractivity contribution in [3.05, 3.63) is 12.2 Å². The Kier molecular flexibility index (Phi) is 2.34. The van der Waals surface area contributed by atoms with E-state index in [4.69, 9.17) is 5.11 Å². The second-order valence-electron chi connectivity index (χ2n) is 6.04. The summed E-state index contributed by atoms with van der Waals surface area (Å²) < 4.78 is 0. The van der Waals surface area contributed by atoms with E-state index < -0.39 is 5.97 Å². The summed E-state index contributed by atoms with van der Waals surface area (Å²) in [5, 5.41) is 8.99. The Morgan fingerprint density at radius 2 is 2.25 bits per heavy atom. The Bertz CT molecular complexity index is 334. The van der Waals surface area contributed by atoms with Crippen LogP contribution >= 0.6 is 0 Å². The Labute approximate surface area is 96.7 Å². The standard InChI is InChI=1S/C14H20O2/c1-8(14(15)16)5-9-6-10-7-13(9)12-4-2-3-11(10)12/h2,4,8-13H,3,5-7H2,1H3,(H,15,16). The lowest BCUT2D eigenvalue weighted by Crippen LogP contribution is -2.27. The first-order valence-electron chi connectivity index (χ1n) is 6.56. The molecule has 2 heteroatoms. The van der Waals surface area contributed by atoms with Gasteiger partial charge < -0.3 is 5.11 Å². The first-order chi connectivity index (χ1) is 7.66. The number of rotatable bonds is 3. The summed E-state index contributed by atoms with van der Waals surface area (Å²) >= 11 is 0. The molecule has 1 N–H and O–H groups in total. The number of carboxylic acids is 1. The van der Waals surface area contributed by atoms with E-state index >= 15 is 0 Å². The van der Waals surface area contributed by atoms with Crippen LogP contribution in [0.4, 0.5) is 0 Å². The minimum Gasteiger partial charge on any atom is -0.481 e. The van der Waals surface area contributed by atoms with Crippen LogP contribution in [0.1, 0.15) is 32.6 Å². The molecule has 6 atom stereocenters. The highest BCUT2D eigenvalue weighted by atomic mass is 16.4. The Morgan fingerprint density at radius 1 is 1.44 bits per heavy atom. The molecule has 2 bridgehead atoms. The molecule has 16 heavy (non-hydrogen) atoms. The lowest BCUT2D eigenvalue weighted by Gasteiger charge is -2.32. The summed E-state index contributed by atoms with van der Waals surface area (Å²) in [4.78, 5) is 10.9. The van der Waals surface area contributed by atoms with Gasteiger partial charge in [0.1, 0.15) is 0 Å². The third-order valence-corrected chi connectivity index (χ3v) is 5.22. The average Bonchev–Trinajstić information content (AvgIpc) is 2.87. The van der Waals surface area contributed by atoms with Crippen LogP contribution in [0.5, 0.6) is 0 Å². The summed E-state index contributed by atoms with van der Waals surface area (Å²) in [6.45, 7) is 1.86. The van der Waals surface area contributed by atoms with Crippen LogP contribution in [0.15, 0.2) is 12.2 Å². The molecule has 0 aromatic carbocycles. The van der Waals surface area contributed by atoms with Gasteiger partial charge in [0.05, 0.1) is 5.92 Å². The lowest BCUT2D eigenvalue weighted by atomic mass is 9.73. The molecule has 2 nitrogen and oxygen atoms in total. The fourth-order valence-electron chi connectivity index (χ4n) is 4.51. The Morgan fingerprint density at radius 3 is 3.00 bits per heavy atom. The number of hydrogen-bond donors (Lipinski definition) is 1. The Hall–Kier alpha value is -0.790. The van der Waals surface area contributed by atoms with Crippen LogP contribution < -0.4 is 0 Å². The van der Waals surface area contributed by atoms with Gasteiger partial charge in [-0.15, -0.1) is 0 Å². The molecular formula is C14H20O2. The van der Waals surface area contributed by atoms with Crippen molar-refractivity contribution in [2.75, 3.05) is 0 Å². The molecule has 0 saturated heterocycles. The molecule has 0 aromatic rings. The molecule has 88 valence electrons. The van der Waals surface area contributed by atoms with Gasteiger partial charge in [-0.3, -0.25) is 4.79 Å². The third-order valence-electron chi connectivity index (χ3n) is 5.22. The lowest BCUT2D eigenvalue weighted by molar-refractivity contribution is -0.141. The predicted octanol–water partition coefficient (Wildman–Crippen LogP) is 2.95. The number of fused-ring (bicyclic) bond motifs is 5. The number of hydrogen-bond acceptors (Lipinski definition) is 1. The highest BCUT2D eigenvalue weighted by Gasteiger charge is 2.52. The molecule has 0 heterocycles. The van der Waals surface area contributed by atoms with E-state index in [1.807, 2.05) is 6.92 Å². The van der Waals surface area contributed by atoms with E-state index in [1.54, 1.807) is 0 Å². The minimum atomic E-state index is -0.624. The van der Waals surface area contributed by atoms with Crippen LogP contribution in [0, 0.1) is 35.5 Å². The monoisotopic (exact) mass is 220 g/mol. The topological polar surface area (TPSA) is 37.3 Å². The van der Waals surface area contributed by atoms with E-state index in [9.17, 15) is 4.79 Å². The maximum Gasteiger partial charge on any atom is 0.306 e. The zero-order chi connectivity index (χ0) is 11.3. The Balaban J connectivity index is 1.68. The fourth-order valence-corrected chi connectivity index (χ4v) is 4.51. The molecule has 2 fully saturated rings. The molecule has 0 radical (unpaired) electrons. The van der Waals surface area contributed by atoms with Gasteiger partial charge >= 0.3 is 5.97 Å². The minimum absolute atomic E-state index is 0.159. The highest BCUT2D eigenvalue weighted by Crippen LogP contribution is 2.60. The summed E-state index contributed by atoms with van der Waals surface area (Å²) in [5.74, 6) is 3.31. The van der Waals surface area contributed by atoms with Crippen LogP contribution in [-0.4, -0.2) is 11.1 Å². The van der Waals surface area contributed by atoms with Crippen molar-refractivity contribution < 1.29 is 9.90 Å². The molecule has 3 aliphatic carbocycles. The molecule has 0 aromatic heterocycles. The third kappa shape index (κ3) is 1.42. The van der Waals surface area contributed by atoms with Crippen molar-refractivity contribution in [1.29, 1.82) is 0 Å². The molecule has 6 unspecified atom stereocenters. The van der Waals surface area contributed by atoms with Gasteiger partial charge in [-0.2, -0.15) is 0 Å². The second-order valence-corrected chi connectivity index (χ2v) is 6.04. The number of carboxylic acid groups (broad SMARTS) is 1. The molecule has 0 aliphatic heterocycles. The van der Waals surface area contributed by atoms with Crippen molar-refractivity contribution in [1.82, 2.24) is 0 Å². The van der Waals surface area contributed by atoms with Crippen molar-refractivity contribution in [2.24, 2.45) is 35.5 Å². The number of allylic oxidation sites excluding steroid dienone is 2. The SMILES string of the molecule is CC(CC1CC2CC1C1C=CCC21)C(=O)O. The van der Waals surface area contributed by atoms with Crippen molar-refractivity contribution in [3.63, 3.8) is 0 Å². The van der Waals surface area contributed by atoms with Crippen molar-refractivity contribution in [2.45, 2.75) is 32.6 Å². The first kappa shape index (κ1) is 10.4.